The van der Waals surface area contributed by atoms with Crippen LogP contribution in [0.25, 0.3) is 0 Å². The first-order valence-corrected chi connectivity index (χ1v) is 6.86. The van der Waals surface area contributed by atoms with Gasteiger partial charge >= 0.3 is 5.97 Å². The van der Waals surface area contributed by atoms with Crippen LogP contribution in [0.4, 0.5) is 0 Å². The molecule has 0 fully saturated rings. The molecule has 0 spiro atoms. The van der Waals surface area contributed by atoms with Crippen molar-refractivity contribution >= 4 is 5.97 Å². The maximum Gasteiger partial charge on any atom is 0.332 e. The summed E-state index contributed by atoms with van der Waals surface area (Å²) in [5, 5.41) is 8.48. The Hall–Kier alpha value is -1.47. The van der Waals surface area contributed by atoms with Crippen LogP contribution in [-0.2, 0) is 30.3 Å². The Balaban J connectivity index is 1.89. The number of carbonyl (C=O) groups excluding carboxylic acids is 1. The van der Waals surface area contributed by atoms with E-state index in [4.69, 9.17) is 24.1 Å². The van der Waals surface area contributed by atoms with Crippen LogP contribution in [0.15, 0.2) is 30.3 Å². The van der Waals surface area contributed by atoms with Gasteiger partial charge in [0.05, 0.1) is 39.6 Å². The van der Waals surface area contributed by atoms with Gasteiger partial charge in [-0.2, -0.15) is 0 Å². The van der Waals surface area contributed by atoms with Crippen molar-refractivity contribution in [2.75, 3.05) is 46.2 Å². The van der Waals surface area contributed by atoms with Gasteiger partial charge in [-0.25, -0.2) is 4.79 Å². The average Bonchev–Trinajstić information content (AvgIpc) is 2.52. The number of hydrogen-bond donors (Lipinski definition) is 1. The van der Waals surface area contributed by atoms with Crippen molar-refractivity contribution in [3.8, 4) is 0 Å². The number of hydrogen-bond acceptors (Lipinski definition) is 6. The Morgan fingerprint density at radius 2 is 1.52 bits per heavy atom. The van der Waals surface area contributed by atoms with E-state index < -0.39 is 5.97 Å². The zero-order valence-electron chi connectivity index (χ0n) is 12.0. The number of rotatable bonds is 12. The zero-order chi connectivity index (χ0) is 15.2. The Bertz CT molecular complexity index is 368. The van der Waals surface area contributed by atoms with Gasteiger partial charge in [0.25, 0.3) is 0 Å². The largest absolute Gasteiger partial charge is 0.459 e. The minimum absolute atomic E-state index is 0.00814. The van der Waals surface area contributed by atoms with Crippen LogP contribution in [0.1, 0.15) is 5.56 Å². The molecule has 1 rings (SSSR count). The fourth-order valence-corrected chi connectivity index (χ4v) is 1.44. The van der Waals surface area contributed by atoms with E-state index >= 15 is 0 Å². The summed E-state index contributed by atoms with van der Waals surface area (Å²) >= 11 is 0. The van der Waals surface area contributed by atoms with Crippen molar-refractivity contribution < 1.29 is 28.8 Å². The molecule has 0 unspecified atom stereocenters. The van der Waals surface area contributed by atoms with Gasteiger partial charge in [-0.1, -0.05) is 30.3 Å². The molecule has 118 valence electrons. The van der Waals surface area contributed by atoms with E-state index in [9.17, 15) is 4.79 Å². The summed E-state index contributed by atoms with van der Waals surface area (Å²) in [6.45, 7) is 2.05. The molecule has 0 saturated heterocycles. The van der Waals surface area contributed by atoms with Crippen molar-refractivity contribution in [2.24, 2.45) is 0 Å². The number of aliphatic hydroxyl groups excluding tert-OH is 1. The van der Waals surface area contributed by atoms with Crippen LogP contribution in [0, 0.1) is 0 Å². The van der Waals surface area contributed by atoms with Gasteiger partial charge in [-0.3, -0.25) is 0 Å². The maximum absolute atomic E-state index is 11.4. The van der Waals surface area contributed by atoms with Crippen molar-refractivity contribution in [2.45, 2.75) is 6.61 Å². The molecule has 0 aliphatic carbocycles. The van der Waals surface area contributed by atoms with Gasteiger partial charge in [0.15, 0.2) is 0 Å². The van der Waals surface area contributed by atoms with E-state index in [0.29, 0.717) is 33.0 Å². The summed E-state index contributed by atoms with van der Waals surface area (Å²) in [6.07, 6.45) is 0. The van der Waals surface area contributed by atoms with Crippen LogP contribution in [0.3, 0.4) is 0 Å². The summed E-state index contributed by atoms with van der Waals surface area (Å²) in [5.41, 5.74) is 0.942. The molecule has 21 heavy (non-hydrogen) atoms. The van der Waals surface area contributed by atoms with Crippen LogP contribution >= 0.6 is 0 Å². The third kappa shape index (κ3) is 9.97. The van der Waals surface area contributed by atoms with Crippen LogP contribution in [0.5, 0.6) is 0 Å². The van der Waals surface area contributed by atoms with Crippen molar-refractivity contribution in [1.29, 1.82) is 0 Å². The van der Waals surface area contributed by atoms with E-state index in [0.717, 1.165) is 5.56 Å². The van der Waals surface area contributed by atoms with E-state index in [1.807, 2.05) is 30.3 Å². The molecular formula is C15H22O6. The zero-order valence-corrected chi connectivity index (χ0v) is 12.0. The smallest absolute Gasteiger partial charge is 0.332 e. The highest BCUT2D eigenvalue weighted by molar-refractivity contribution is 5.70. The lowest BCUT2D eigenvalue weighted by atomic mass is 10.2. The Morgan fingerprint density at radius 1 is 0.905 bits per heavy atom. The highest BCUT2D eigenvalue weighted by atomic mass is 16.6. The maximum atomic E-state index is 11.4. The minimum atomic E-state index is -0.398. The molecule has 0 saturated carbocycles. The van der Waals surface area contributed by atoms with E-state index in [1.165, 1.54) is 0 Å². The molecule has 0 aromatic heterocycles. The first-order valence-electron chi connectivity index (χ1n) is 6.86. The van der Waals surface area contributed by atoms with Crippen LogP contribution < -0.4 is 0 Å². The molecule has 0 radical (unpaired) electrons. The molecule has 1 aromatic rings. The highest BCUT2D eigenvalue weighted by Crippen LogP contribution is 2.00. The van der Waals surface area contributed by atoms with Crippen LogP contribution in [-0.4, -0.2) is 57.3 Å². The van der Waals surface area contributed by atoms with Crippen molar-refractivity contribution in [3.63, 3.8) is 0 Å². The number of benzene rings is 1. The predicted molar refractivity (Wildman–Crippen MR) is 75.8 cm³/mol. The lowest BCUT2D eigenvalue weighted by Crippen LogP contribution is -2.16. The molecule has 6 nitrogen and oxygen atoms in total. The number of carbonyl (C=O) groups is 1. The van der Waals surface area contributed by atoms with E-state index in [-0.39, 0.29) is 19.8 Å². The fraction of sp³-hybridized carbons (Fsp3) is 0.533. The first kappa shape index (κ1) is 17.6. The van der Waals surface area contributed by atoms with Gasteiger partial charge in [0.1, 0.15) is 13.2 Å². The second kappa shape index (κ2) is 12.3. The van der Waals surface area contributed by atoms with Crippen LogP contribution in [0.2, 0.25) is 0 Å². The molecule has 0 amide bonds. The van der Waals surface area contributed by atoms with Gasteiger partial charge in [0, 0.05) is 0 Å². The lowest BCUT2D eigenvalue weighted by molar-refractivity contribution is -0.150. The molecule has 1 N–H and O–H groups in total. The number of aliphatic hydroxyl groups is 1. The second-order valence-electron chi connectivity index (χ2n) is 4.15. The van der Waals surface area contributed by atoms with E-state index in [2.05, 4.69) is 0 Å². The summed E-state index contributed by atoms with van der Waals surface area (Å²) in [7, 11) is 0. The second-order valence-corrected chi connectivity index (χ2v) is 4.15. The SMILES string of the molecule is O=C(COCCOCCOCCO)OCc1ccccc1. The molecule has 0 aliphatic rings. The van der Waals surface area contributed by atoms with Gasteiger partial charge in [-0.05, 0) is 5.56 Å². The third-order valence-electron chi connectivity index (χ3n) is 2.44. The standard InChI is InChI=1S/C15H22O6/c16-6-7-18-8-9-19-10-11-20-13-15(17)21-12-14-4-2-1-3-5-14/h1-5,16H,6-13H2. The van der Waals surface area contributed by atoms with E-state index in [1.54, 1.807) is 0 Å². The average molecular weight is 298 g/mol. The summed E-state index contributed by atoms with van der Waals surface area (Å²) in [5.74, 6) is -0.398. The minimum Gasteiger partial charge on any atom is -0.459 e. The molecule has 6 heteroatoms. The normalized spacial score (nSPS) is 10.5. The van der Waals surface area contributed by atoms with Gasteiger partial charge in [0.2, 0.25) is 0 Å². The topological polar surface area (TPSA) is 74.2 Å². The number of esters is 1. The van der Waals surface area contributed by atoms with Crippen molar-refractivity contribution in [1.82, 2.24) is 0 Å². The summed E-state index contributed by atoms with van der Waals surface area (Å²) < 4.78 is 20.4. The van der Waals surface area contributed by atoms with Crippen molar-refractivity contribution in [3.05, 3.63) is 35.9 Å². The fourth-order valence-electron chi connectivity index (χ4n) is 1.44. The first-order chi connectivity index (χ1) is 10.3. The Kier molecular flexibility index (Phi) is 10.3. The monoisotopic (exact) mass is 298 g/mol. The Labute approximate surface area is 124 Å². The summed E-state index contributed by atoms with van der Waals surface area (Å²) in [6, 6.07) is 9.47. The summed E-state index contributed by atoms with van der Waals surface area (Å²) in [4.78, 5) is 11.4. The van der Waals surface area contributed by atoms with Gasteiger partial charge in [-0.15, -0.1) is 0 Å². The molecule has 0 heterocycles. The third-order valence-corrected chi connectivity index (χ3v) is 2.44. The predicted octanol–water partition coefficient (Wildman–Crippen LogP) is 0.772. The molecule has 0 aliphatic heterocycles. The van der Waals surface area contributed by atoms with Gasteiger partial charge < -0.3 is 24.1 Å². The highest BCUT2D eigenvalue weighted by Gasteiger charge is 2.03. The molecule has 0 atom stereocenters. The quantitative estimate of drug-likeness (QED) is 0.454. The molecular weight excluding hydrogens is 276 g/mol. The molecule has 1 aromatic carbocycles. The lowest BCUT2D eigenvalue weighted by Gasteiger charge is -2.07. The Morgan fingerprint density at radius 3 is 2.19 bits per heavy atom. The molecule has 0 bridgehead atoms. The number of ether oxygens (including phenoxy) is 4.